The van der Waals surface area contributed by atoms with Gasteiger partial charge in [-0.1, -0.05) is 20.8 Å². The molecule has 0 saturated carbocycles. The molecule has 1 rings (SSSR count). The van der Waals surface area contributed by atoms with Crippen LogP contribution in [0.1, 0.15) is 40.0 Å². The van der Waals surface area contributed by atoms with Gasteiger partial charge in [-0.2, -0.15) is 0 Å². The third kappa shape index (κ3) is 3.93. The van der Waals surface area contributed by atoms with Gasteiger partial charge in [0.25, 0.3) is 0 Å². The zero-order valence-corrected chi connectivity index (χ0v) is 12.4. The summed E-state index contributed by atoms with van der Waals surface area (Å²) in [7, 11) is 1.36. The number of ether oxygens (including phenoxy) is 1. The van der Waals surface area contributed by atoms with Gasteiger partial charge in [0.1, 0.15) is 6.04 Å². The Morgan fingerprint density at radius 3 is 2.53 bits per heavy atom. The summed E-state index contributed by atoms with van der Waals surface area (Å²) < 4.78 is 4.77. The highest BCUT2D eigenvalue weighted by atomic mass is 16.5. The van der Waals surface area contributed by atoms with Crippen LogP contribution in [0.5, 0.6) is 0 Å². The fourth-order valence-electron chi connectivity index (χ4n) is 2.54. The van der Waals surface area contributed by atoms with Crippen LogP contribution < -0.4 is 10.6 Å². The van der Waals surface area contributed by atoms with Gasteiger partial charge in [0, 0.05) is 6.54 Å². The van der Waals surface area contributed by atoms with Gasteiger partial charge in [-0.25, -0.2) is 4.79 Å². The fourth-order valence-corrected chi connectivity index (χ4v) is 2.54. The number of hydrogen-bond donors (Lipinski definition) is 2. The lowest BCUT2D eigenvalue weighted by Crippen LogP contribution is -2.50. The molecule has 0 aromatic carbocycles. The minimum Gasteiger partial charge on any atom is -0.467 e. The molecule has 19 heavy (non-hydrogen) atoms. The predicted molar refractivity (Wildman–Crippen MR) is 73.6 cm³/mol. The summed E-state index contributed by atoms with van der Waals surface area (Å²) in [5.41, 5.74) is -0.372. The summed E-state index contributed by atoms with van der Waals surface area (Å²) >= 11 is 0. The third-order valence-electron chi connectivity index (χ3n) is 3.90. The van der Waals surface area contributed by atoms with Crippen molar-refractivity contribution < 1.29 is 14.3 Å². The predicted octanol–water partition coefficient (Wildman–Crippen LogP) is 1.08. The molecule has 1 aliphatic rings. The summed E-state index contributed by atoms with van der Waals surface area (Å²) in [5, 5.41) is 6.10. The van der Waals surface area contributed by atoms with Crippen molar-refractivity contribution >= 4 is 11.9 Å². The Morgan fingerprint density at radius 2 is 2.11 bits per heavy atom. The van der Waals surface area contributed by atoms with Crippen molar-refractivity contribution in [3.8, 4) is 0 Å². The van der Waals surface area contributed by atoms with E-state index in [0.717, 1.165) is 19.4 Å². The first-order valence-corrected chi connectivity index (χ1v) is 7.04. The van der Waals surface area contributed by atoms with Crippen molar-refractivity contribution in [3.05, 3.63) is 0 Å². The monoisotopic (exact) mass is 270 g/mol. The number of carbonyl (C=O) groups excluding carboxylic acids is 2. The van der Waals surface area contributed by atoms with E-state index >= 15 is 0 Å². The molecular weight excluding hydrogens is 244 g/mol. The Morgan fingerprint density at radius 1 is 1.42 bits per heavy atom. The second-order valence-corrected chi connectivity index (χ2v) is 5.74. The van der Waals surface area contributed by atoms with Crippen LogP contribution in [0, 0.1) is 11.3 Å². The molecule has 1 aliphatic heterocycles. The van der Waals surface area contributed by atoms with Crippen LogP contribution in [-0.2, 0) is 14.3 Å². The summed E-state index contributed by atoms with van der Waals surface area (Å²) in [6.07, 6.45) is 2.21. The summed E-state index contributed by atoms with van der Waals surface area (Å²) in [4.78, 5) is 24.2. The molecule has 2 atom stereocenters. The average molecular weight is 270 g/mol. The van der Waals surface area contributed by atoms with Gasteiger partial charge in [0.15, 0.2) is 0 Å². The first-order chi connectivity index (χ1) is 8.95. The molecule has 0 aliphatic carbocycles. The van der Waals surface area contributed by atoms with Crippen molar-refractivity contribution in [2.24, 2.45) is 11.3 Å². The molecule has 5 nitrogen and oxygen atoms in total. The number of rotatable bonds is 6. The van der Waals surface area contributed by atoms with E-state index in [4.69, 9.17) is 4.74 Å². The molecule has 0 radical (unpaired) electrons. The molecule has 0 spiro atoms. The highest BCUT2D eigenvalue weighted by Gasteiger charge is 2.41. The zero-order chi connectivity index (χ0) is 14.5. The quantitative estimate of drug-likeness (QED) is 0.709. The van der Waals surface area contributed by atoms with Crippen molar-refractivity contribution in [2.75, 3.05) is 20.2 Å². The molecule has 1 saturated heterocycles. The van der Waals surface area contributed by atoms with Crippen molar-refractivity contribution in [3.63, 3.8) is 0 Å². The SMILES string of the molecule is CCC1(C(=O)NC(CC(C)C)C(=O)OC)CCNC1. The molecule has 2 unspecified atom stereocenters. The number of esters is 1. The van der Waals surface area contributed by atoms with Gasteiger partial charge in [0.2, 0.25) is 5.91 Å². The lowest BCUT2D eigenvalue weighted by molar-refractivity contribution is -0.147. The maximum absolute atomic E-state index is 12.5. The Labute approximate surface area is 115 Å². The van der Waals surface area contributed by atoms with E-state index in [0.29, 0.717) is 18.9 Å². The normalized spacial score (nSPS) is 24.3. The molecule has 0 aromatic heterocycles. The molecule has 1 fully saturated rings. The van der Waals surface area contributed by atoms with Crippen LogP contribution in [0.2, 0.25) is 0 Å². The minimum atomic E-state index is -0.540. The maximum atomic E-state index is 12.5. The standard InChI is InChI=1S/C14H26N2O3/c1-5-14(6-7-15-9-14)13(18)16-11(8-10(2)3)12(17)19-4/h10-11,15H,5-9H2,1-4H3,(H,16,18). The number of carbonyl (C=O) groups is 2. The summed E-state index contributed by atoms with van der Waals surface area (Å²) in [6.45, 7) is 7.60. The summed E-state index contributed by atoms with van der Waals surface area (Å²) in [6, 6.07) is -0.540. The average Bonchev–Trinajstić information content (AvgIpc) is 2.86. The highest BCUT2D eigenvalue weighted by molar-refractivity contribution is 5.88. The lowest BCUT2D eigenvalue weighted by atomic mass is 9.83. The van der Waals surface area contributed by atoms with Crippen LogP contribution in [0.3, 0.4) is 0 Å². The van der Waals surface area contributed by atoms with Crippen molar-refractivity contribution in [1.82, 2.24) is 10.6 Å². The van der Waals surface area contributed by atoms with E-state index in [9.17, 15) is 9.59 Å². The van der Waals surface area contributed by atoms with Crippen molar-refractivity contribution in [2.45, 2.75) is 46.1 Å². The van der Waals surface area contributed by atoms with E-state index in [1.807, 2.05) is 20.8 Å². The smallest absolute Gasteiger partial charge is 0.328 e. The van der Waals surface area contributed by atoms with Gasteiger partial charge in [-0.15, -0.1) is 0 Å². The van der Waals surface area contributed by atoms with Gasteiger partial charge in [-0.3, -0.25) is 4.79 Å². The molecule has 0 bridgehead atoms. The van der Waals surface area contributed by atoms with E-state index < -0.39 is 6.04 Å². The zero-order valence-electron chi connectivity index (χ0n) is 12.4. The molecule has 5 heteroatoms. The van der Waals surface area contributed by atoms with E-state index in [2.05, 4.69) is 10.6 Å². The van der Waals surface area contributed by atoms with Gasteiger partial charge < -0.3 is 15.4 Å². The molecule has 2 N–H and O–H groups in total. The first-order valence-electron chi connectivity index (χ1n) is 7.04. The summed E-state index contributed by atoms with van der Waals surface area (Å²) in [5.74, 6) is -0.0704. The van der Waals surface area contributed by atoms with Gasteiger partial charge >= 0.3 is 5.97 Å². The molecular formula is C14H26N2O3. The van der Waals surface area contributed by atoms with E-state index in [-0.39, 0.29) is 17.3 Å². The number of hydrogen-bond acceptors (Lipinski definition) is 4. The molecule has 1 heterocycles. The second kappa shape index (κ2) is 6.89. The van der Waals surface area contributed by atoms with Crippen LogP contribution in [-0.4, -0.2) is 38.1 Å². The Balaban J connectivity index is 2.72. The highest BCUT2D eigenvalue weighted by Crippen LogP contribution is 2.29. The number of nitrogens with one attached hydrogen (secondary N) is 2. The third-order valence-corrected chi connectivity index (χ3v) is 3.90. The van der Waals surface area contributed by atoms with E-state index in [1.54, 1.807) is 0 Å². The van der Waals surface area contributed by atoms with Crippen LogP contribution >= 0.6 is 0 Å². The van der Waals surface area contributed by atoms with Gasteiger partial charge in [-0.05, 0) is 31.7 Å². The van der Waals surface area contributed by atoms with Crippen LogP contribution in [0.15, 0.2) is 0 Å². The maximum Gasteiger partial charge on any atom is 0.328 e. The van der Waals surface area contributed by atoms with Crippen molar-refractivity contribution in [1.29, 1.82) is 0 Å². The Hall–Kier alpha value is -1.10. The topological polar surface area (TPSA) is 67.4 Å². The van der Waals surface area contributed by atoms with Crippen LogP contribution in [0.25, 0.3) is 0 Å². The fraction of sp³-hybridized carbons (Fsp3) is 0.857. The minimum absolute atomic E-state index is 0.0314. The number of methoxy groups -OCH3 is 1. The molecule has 1 amide bonds. The first kappa shape index (κ1) is 16.0. The number of amides is 1. The Kier molecular flexibility index (Phi) is 5.79. The molecule has 0 aromatic rings. The second-order valence-electron chi connectivity index (χ2n) is 5.74. The molecule has 110 valence electrons. The largest absolute Gasteiger partial charge is 0.467 e. The lowest BCUT2D eigenvalue weighted by Gasteiger charge is -2.28. The van der Waals surface area contributed by atoms with Gasteiger partial charge in [0.05, 0.1) is 12.5 Å². The Bertz CT molecular complexity index is 323. The van der Waals surface area contributed by atoms with Crippen LogP contribution in [0.4, 0.5) is 0 Å². The van der Waals surface area contributed by atoms with E-state index in [1.165, 1.54) is 7.11 Å².